The van der Waals surface area contributed by atoms with Crippen LogP contribution in [-0.4, -0.2) is 5.92 Å². The highest BCUT2D eigenvalue weighted by Crippen LogP contribution is 2.42. The minimum absolute atomic E-state index is 0.240. The van der Waals surface area contributed by atoms with Crippen LogP contribution in [0.15, 0.2) is 36.4 Å². The van der Waals surface area contributed by atoms with Crippen molar-refractivity contribution in [2.24, 2.45) is 5.92 Å². The number of aryl methyl sites for hydroxylation is 1. The topological polar surface area (TPSA) is 0 Å². The first-order chi connectivity index (χ1) is 11.8. The van der Waals surface area contributed by atoms with Gasteiger partial charge in [-0.05, 0) is 62.1 Å². The summed E-state index contributed by atoms with van der Waals surface area (Å²) in [5.41, 5.74) is 2.22. The second kappa shape index (κ2) is 6.81. The molecule has 0 heterocycles. The van der Waals surface area contributed by atoms with Crippen molar-refractivity contribution in [3.8, 4) is 11.1 Å². The van der Waals surface area contributed by atoms with E-state index in [0.29, 0.717) is 18.4 Å². The predicted octanol–water partition coefficient (Wildman–Crippen LogP) is 6.87. The first kappa shape index (κ1) is 18.0. The van der Waals surface area contributed by atoms with Crippen molar-refractivity contribution >= 4 is 0 Å². The summed E-state index contributed by atoms with van der Waals surface area (Å²) in [5.74, 6) is -4.54. The summed E-state index contributed by atoms with van der Waals surface area (Å²) in [7, 11) is 0. The molecular formula is C21H22F4. The van der Waals surface area contributed by atoms with Gasteiger partial charge in [-0.15, -0.1) is 0 Å². The van der Waals surface area contributed by atoms with E-state index in [1.54, 1.807) is 24.3 Å². The van der Waals surface area contributed by atoms with Gasteiger partial charge in [-0.1, -0.05) is 36.4 Å². The molecule has 2 aromatic carbocycles. The average molecular weight is 350 g/mol. The highest BCUT2D eigenvalue weighted by molar-refractivity contribution is 5.65. The number of hydrogen-bond donors (Lipinski definition) is 0. The molecule has 0 saturated heterocycles. The molecule has 1 fully saturated rings. The van der Waals surface area contributed by atoms with Gasteiger partial charge < -0.3 is 0 Å². The number of alkyl halides is 2. The molecule has 1 aliphatic carbocycles. The van der Waals surface area contributed by atoms with Crippen LogP contribution in [0.25, 0.3) is 11.1 Å². The van der Waals surface area contributed by atoms with Crippen LogP contribution >= 0.6 is 0 Å². The first-order valence-corrected chi connectivity index (χ1v) is 8.70. The second-order valence-corrected chi connectivity index (χ2v) is 7.18. The zero-order valence-electron chi connectivity index (χ0n) is 14.5. The van der Waals surface area contributed by atoms with Gasteiger partial charge in [0.1, 0.15) is 0 Å². The Balaban J connectivity index is 1.75. The normalized spacial score (nSPS) is 21.4. The van der Waals surface area contributed by atoms with Gasteiger partial charge in [-0.3, -0.25) is 0 Å². The van der Waals surface area contributed by atoms with Crippen LogP contribution in [-0.2, 0) is 0 Å². The van der Waals surface area contributed by atoms with E-state index in [9.17, 15) is 17.6 Å². The van der Waals surface area contributed by atoms with Crippen molar-refractivity contribution in [3.05, 3.63) is 59.2 Å². The highest BCUT2D eigenvalue weighted by atomic mass is 19.3. The molecule has 0 nitrogen and oxygen atoms in total. The summed E-state index contributed by atoms with van der Waals surface area (Å²) in [5, 5.41) is 0. The van der Waals surface area contributed by atoms with E-state index in [4.69, 9.17) is 0 Å². The Morgan fingerprint density at radius 1 is 0.840 bits per heavy atom. The molecule has 2 aromatic rings. The summed E-state index contributed by atoms with van der Waals surface area (Å²) >= 11 is 0. The summed E-state index contributed by atoms with van der Waals surface area (Å²) < 4.78 is 54.7. The van der Waals surface area contributed by atoms with Crippen molar-refractivity contribution in [1.29, 1.82) is 0 Å². The van der Waals surface area contributed by atoms with Gasteiger partial charge in [0.15, 0.2) is 11.6 Å². The van der Waals surface area contributed by atoms with Gasteiger partial charge in [0, 0.05) is 11.5 Å². The van der Waals surface area contributed by atoms with Crippen molar-refractivity contribution in [2.75, 3.05) is 0 Å². The lowest BCUT2D eigenvalue weighted by Crippen LogP contribution is -2.28. The Morgan fingerprint density at radius 3 is 2.00 bits per heavy atom. The van der Waals surface area contributed by atoms with E-state index >= 15 is 0 Å². The van der Waals surface area contributed by atoms with Crippen LogP contribution in [0, 0.1) is 24.5 Å². The summed E-state index contributed by atoms with van der Waals surface area (Å²) in [6.07, 6.45) is 2.52. The number of hydrogen-bond acceptors (Lipinski definition) is 0. The van der Waals surface area contributed by atoms with Gasteiger partial charge in [-0.25, -0.2) is 17.6 Å². The fraction of sp³-hybridized carbons (Fsp3) is 0.429. The fourth-order valence-corrected chi connectivity index (χ4v) is 3.74. The van der Waals surface area contributed by atoms with Crippen molar-refractivity contribution < 1.29 is 17.6 Å². The molecule has 0 amide bonds. The third-order valence-electron chi connectivity index (χ3n) is 5.41. The highest BCUT2D eigenvalue weighted by Gasteiger charge is 2.37. The van der Waals surface area contributed by atoms with Gasteiger partial charge in [0.05, 0.1) is 0 Å². The molecule has 1 aliphatic rings. The number of rotatable bonds is 3. The second-order valence-electron chi connectivity index (χ2n) is 7.18. The third-order valence-corrected chi connectivity index (χ3v) is 5.41. The minimum atomic E-state index is -2.61. The molecule has 0 aliphatic heterocycles. The molecule has 1 saturated carbocycles. The smallest absolute Gasteiger partial charge is 0.207 e. The lowest BCUT2D eigenvalue weighted by Gasteiger charge is -2.32. The van der Waals surface area contributed by atoms with Crippen LogP contribution in [0.3, 0.4) is 0 Å². The van der Waals surface area contributed by atoms with E-state index < -0.39 is 23.5 Å². The third kappa shape index (κ3) is 3.73. The Hall–Kier alpha value is -1.84. The summed E-state index contributed by atoms with van der Waals surface area (Å²) in [6.45, 7) is 2.53. The first-order valence-electron chi connectivity index (χ1n) is 8.70. The van der Waals surface area contributed by atoms with E-state index in [0.717, 1.165) is 25.3 Å². The van der Waals surface area contributed by atoms with E-state index in [-0.39, 0.29) is 17.0 Å². The molecule has 25 heavy (non-hydrogen) atoms. The monoisotopic (exact) mass is 350 g/mol. The Kier molecular flexibility index (Phi) is 4.90. The molecule has 0 aromatic heterocycles. The van der Waals surface area contributed by atoms with Gasteiger partial charge in [0.25, 0.3) is 0 Å². The van der Waals surface area contributed by atoms with E-state index in [1.807, 2.05) is 12.1 Å². The van der Waals surface area contributed by atoms with Gasteiger partial charge in [0.2, 0.25) is 5.92 Å². The van der Waals surface area contributed by atoms with E-state index in [1.165, 1.54) is 6.92 Å². The number of halogens is 4. The minimum Gasteiger partial charge on any atom is -0.207 e. The molecule has 0 bridgehead atoms. The van der Waals surface area contributed by atoms with Gasteiger partial charge >= 0.3 is 0 Å². The average Bonchev–Trinajstić information content (AvgIpc) is 2.59. The Morgan fingerprint density at radius 2 is 1.44 bits per heavy atom. The quantitative estimate of drug-likeness (QED) is 0.530. The molecule has 4 heteroatoms. The molecule has 3 rings (SSSR count). The Bertz CT molecular complexity index is 736. The maximum atomic E-state index is 14.1. The van der Waals surface area contributed by atoms with Gasteiger partial charge in [-0.2, -0.15) is 0 Å². The summed E-state index contributed by atoms with van der Waals surface area (Å²) in [4.78, 5) is 0. The van der Waals surface area contributed by atoms with Crippen LogP contribution < -0.4 is 0 Å². The molecule has 134 valence electrons. The van der Waals surface area contributed by atoms with Crippen molar-refractivity contribution in [3.63, 3.8) is 0 Å². The molecule has 0 spiro atoms. The fourth-order valence-electron chi connectivity index (χ4n) is 3.74. The molecule has 0 unspecified atom stereocenters. The summed E-state index contributed by atoms with van der Waals surface area (Å²) in [6, 6.07) is 10.5. The van der Waals surface area contributed by atoms with Crippen LogP contribution in [0.2, 0.25) is 0 Å². The maximum absolute atomic E-state index is 14.1. The zero-order chi connectivity index (χ0) is 18.2. The maximum Gasteiger partial charge on any atom is 0.248 e. The van der Waals surface area contributed by atoms with Crippen molar-refractivity contribution in [2.45, 2.75) is 51.4 Å². The molecule has 0 radical (unpaired) electrons. The van der Waals surface area contributed by atoms with Crippen LogP contribution in [0.1, 0.15) is 49.7 Å². The van der Waals surface area contributed by atoms with Crippen molar-refractivity contribution in [1.82, 2.24) is 0 Å². The largest absolute Gasteiger partial charge is 0.248 e. The van der Waals surface area contributed by atoms with Crippen LogP contribution in [0.5, 0.6) is 0 Å². The molecular weight excluding hydrogens is 328 g/mol. The Labute approximate surface area is 145 Å². The molecule has 0 N–H and O–H groups in total. The number of benzene rings is 2. The lowest BCUT2D eigenvalue weighted by molar-refractivity contribution is -0.0546. The molecule has 0 atom stereocenters. The van der Waals surface area contributed by atoms with Crippen LogP contribution in [0.4, 0.5) is 17.6 Å². The zero-order valence-corrected chi connectivity index (χ0v) is 14.5. The predicted molar refractivity (Wildman–Crippen MR) is 91.9 cm³/mol. The lowest BCUT2D eigenvalue weighted by atomic mass is 9.76. The SMILES string of the molecule is Cc1ccc(-c2ccc(C3CCC(C(C)(F)F)CC3)cc2)c(F)c1F. The standard InChI is InChI=1S/C21H22F4/c1-13-3-12-18(20(23)19(13)22)16-6-4-14(5-7-16)15-8-10-17(11-9-15)21(2,24)25/h3-7,12,15,17H,8-11H2,1-2H3. The van der Waals surface area contributed by atoms with E-state index in [2.05, 4.69) is 0 Å².